The fraction of sp³-hybridized carbons (Fsp3) is 0.278. The number of nitrogens with one attached hydrogen (secondary N) is 2. The molecule has 0 aliphatic heterocycles. The molecular formula is C18H20F2N2O. The monoisotopic (exact) mass is 318 g/mol. The number of carbonyl (C=O) groups is 1. The van der Waals surface area contributed by atoms with Crippen molar-refractivity contribution < 1.29 is 13.6 Å². The van der Waals surface area contributed by atoms with Crippen LogP contribution in [0.15, 0.2) is 48.5 Å². The summed E-state index contributed by atoms with van der Waals surface area (Å²) in [7, 11) is 0. The van der Waals surface area contributed by atoms with Crippen molar-refractivity contribution in [1.29, 1.82) is 0 Å². The van der Waals surface area contributed by atoms with Crippen LogP contribution in [0.4, 0.5) is 13.6 Å². The second kappa shape index (κ2) is 7.22. The highest BCUT2D eigenvalue weighted by atomic mass is 19.1. The predicted octanol–water partition coefficient (Wildman–Crippen LogP) is 3.74. The molecule has 0 spiro atoms. The summed E-state index contributed by atoms with van der Waals surface area (Å²) in [6.45, 7) is 4.14. The van der Waals surface area contributed by atoms with Crippen LogP contribution < -0.4 is 10.6 Å². The van der Waals surface area contributed by atoms with Gasteiger partial charge in [0.05, 0.1) is 5.54 Å². The molecule has 0 unspecified atom stereocenters. The lowest BCUT2D eigenvalue weighted by Gasteiger charge is -2.27. The summed E-state index contributed by atoms with van der Waals surface area (Å²) in [5, 5.41) is 5.62. The molecule has 2 rings (SSSR count). The molecule has 0 saturated carbocycles. The Morgan fingerprint density at radius 3 is 2.04 bits per heavy atom. The van der Waals surface area contributed by atoms with Crippen molar-refractivity contribution in [2.45, 2.75) is 25.8 Å². The number of carbonyl (C=O) groups excluding carboxylic acids is 1. The van der Waals surface area contributed by atoms with Gasteiger partial charge in [0.1, 0.15) is 11.6 Å². The number of amides is 2. The van der Waals surface area contributed by atoms with Crippen molar-refractivity contribution in [3.63, 3.8) is 0 Å². The molecular weight excluding hydrogens is 298 g/mol. The van der Waals surface area contributed by atoms with E-state index in [0.717, 1.165) is 11.1 Å². The minimum atomic E-state index is -0.617. The van der Waals surface area contributed by atoms with E-state index in [1.54, 1.807) is 24.3 Å². The molecule has 5 heteroatoms. The summed E-state index contributed by atoms with van der Waals surface area (Å²) in [4.78, 5) is 12.0. The third-order valence-electron chi connectivity index (χ3n) is 3.60. The number of hydrogen-bond acceptors (Lipinski definition) is 1. The van der Waals surface area contributed by atoms with Crippen molar-refractivity contribution in [2.75, 3.05) is 6.54 Å². The van der Waals surface area contributed by atoms with Crippen molar-refractivity contribution in [1.82, 2.24) is 10.6 Å². The molecule has 0 atom stereocenters. The first-order valence-corrected chi connectivity index (χ1v) is 7.43. The van der Waals surface area contributed by atoms with Crippen LogP contribution in [0.25, 0.3) is 0 Å². The highest BCUT2D eigenvalue weighted by molar-refractivity contribution is 5.75. The van der Waals surface area contributed by atoms with Crippen molar-refractivity contribution in [3.8, 4) is 0 Å². The zero-order valence-electron chi connectivity index (χ0n) is 13.2. The Hall–Kier alpha value is -2.43. The van der Waals surface area contributed by atoms with Gasteiger partial charge in [0.25, 0.3) is 0 Å². The number of hydrogen-bond donors (Lipinski definition) is 2. The van der Waals surface area contributed by atoms with Gasteiger partial charge in [0.15, 0.2) is 0 Å². The standard InChI is InChI=1S/C18H20F2N2O/c1-18(2,14-5-9-16(20)10-6-14)22-17(23)21-12-11-13-3-7-15(19)8-4-13/h3-10H,11-12H2,1-2H3,(H2,21,22,23). The topological polar surface area (TPSA) is 41.1 Å². The van der Waals surface area contributed by atoms with E-state index in [2.05, 4.69) is 10.6 Å². The maximum Gasteiger partial charge on any atom is 0.315 e. The molecule has 2 N–H and O–H groups in total. The van der Waals surface area contributed by atoms with Crippen LogP contribution >= 0.6 is 0 Å². The Labute approximate surface area is 134 Å². The van der Waals surface area contributed by atoms with Gasteiger partial charge in [-0.15, -0.1) is 0 Å². The smallest absolute Gasteiger partial charge is 0.315 e. The van der Waals surface area contributed by atoms with Gasteiger partial charge in [-0.3, -0.25) is 0 Å². The molecule has 2 aromatic carbocycles. The number of urea groups is 1. The minimum absolute atomic E-state index is 0.277. The molecule has 23 heavy (non-hydrogen) atoms. The van der Waals surface area contributed by atoms with E-state index < -0.39 is 5.54 Å². The molecule has 0 aliphatic rings. The Kier molecular flexibility index (Phi) is 5.32. The molecule has 2 aromatic rings. The van der Waals surface area contributed by atoms with Crippen LogP contribution in [0.3, 0.4) is 0 Å². The lowest BCUT2D eigenvalue weighted by Crippen LogP contribution is -2.46. The minimum Gasteiger partial charge on any atom is -0.338 e. The van der Waals surface area contributed by atoms with E-state index in [9.17, 15) is 13.6 Å². The van der Waals surface area contributed by atoms with Crippen LogP contribution in [0.1, 0.15) is 25.0 Å². The SMILES string of the molecule is CC(C)(NC(=O)NCCc1ccc(F)cc1)c1ccc(F)cc1. The fourth-order valence-electron chi connectivity index (χ4n) is 2.24. The van der Waals surface area contributed by atoms with Gasteiger partial charge < -0.3 is 10.6 Å². The molecule has 0 aliphatic carbocycles. The third kappa shape index (κ3) is 5.06. The van der Waals surface area contributed by atoms with Gasteiger partial charge in [-0.05, 0) is 55.7 Å². The molecule has 2 amide bonds. The average Bonchev–Trinajstić information content (AvgIpc) is 2.49. The zero-order valence-corrected chi connectivity index (χ0v) is 13.2. The Balaban J connectivity index is 1.83. The summed E-state index contributed by atoms with van der Waals surface area (Å²) in [6.07, 6.45) is 0.616. The van der Waals surface area contributed by atoms with Crippen molar-refractivity contribution in [3.05, 3.63) is 71.3 Å². The molecule has 0 bridgehead atoms. The number of benzene rings is 2. The van der Waals surface area contributed by atoms with E-state index in [4.69, 9.17) is 0 Å². The zero-order chi connectivity index (χ0) is 16.9. The third-order valence-corrected chi connectivity index (χ3v) is 3.60. The van der Waals surface area contributed by atoms with Crippen LogP contribution in [0.2, 0.25) is 0 Å². The maximum atomic E-state index is 13.0. The Morgan fingerprint density at radius 2 is 1.48 bits per heavy atom. The van der Waals surface area contributed by atoms with Gasteiger partial charge in [-0.25, -0.2) is 13.6 Å². The van der Waals surface area contributed by atoms with Crippen LogP contribution in [-0.4, -0.2) is 12.6 Å². The van der Waals surface area contributed by atoms with E-state index in [1.165, 1.54) is 24.3 Å². The normalized spacial score (nSPS) is 11.1. The number of rotatable bonds is 5. The summed E-state index contributed by atoms with van der Waals surface area (Å²) in [5.41, 5.74) is 1.14. The largest absolute Gasteiger partial charge is 0.338 e. The van der Waals surface area contributed by atoms with Gasteiger partial charge >= 0.3 is 6.03 Å². The molecule has 122 valence electrons. The van der Waals surface area contributed by atoms with Gasteiger partial charge in [-0.1, -0.05) is 24.3 Å². The average molecular weight is 318 g/mol. The maximum absolute atomic E-state index is 13.0. The Bertz CT molecular complexity index is 652. The molecule has 3 nitrogen and oxygen atoms in total. The van der Waals surface area contributed by atoms with Gasteiger partial charge in [0, 0.05) is 6.54 Å². The number of halogens is 2. The fourth-order valence-corrected chi connectivity index (χ4v) is 2.24. The predicted molar refractivity (Wildman–Crippen MR) is 86.1 cm³/mol. The molecule has 0 aromatic heterocycles. The molecule has 0 heterocycles. The quantitative estimate of drug-likeness (QED) is 0.866. The Morgan fingerprint density at radius 1 is 0.957 bits per heavy atom. The second-order valence-corrected chi connectivity index (χ2v) is 5.89. The summed E-state index contributed by atoms with van der Waals surface area (Å²) >= 11 is 0. The first kappa shape index (κ1) is 16.9. The van der Waals surface area contributed by atoms with Gasteiger partial charge in [0.2, 0.25) is 0 Å². The lowest BCUT2D eigenvalue weighted by atomic mass is 9.94. The first-order valence-electron chi connectivity index (χ1n) is 7.43. The molecule has 0 radical (unpaired) electrons. The highest BCUT2D eigenvalue weighted by Crippen LogP contribution is 2.19. The second-order valence-electron chi connectivity index (χ2n) is 5.89. The van der Waals surface area contributed by atoms with Crippen molar-refractivity contribution >= 4 is 6.03 Å². The van der Waals surface area contributed by atoms with Gasteiger partial charge in [-0.2, -0.15) is 0 Å². The molecule has 0 saturated heterocycles. The summed E-state index contributed by atoms with van der Waals surface area (Å²) in [5.74, 6) is -0.589. The molecule has 0 fully saturated rings. The van der Waals surface area contributed by atoms with Crippen molar-refractivity contribution in [2.24, 2.45) is 0 Å². The summed E-state index contributed by atoms with van der Waals surface area (Å²) < 4.78 is 25.8. The van der Waals surface area contributed by atoms with E-state index in [1.807, 2.05) is 13.8 Å². The highest BCUT2D eigenvalue weighted by Gasteiger charge is 2.22. The van der Waals surface area contributed by atoms with Crippen LogP contribution in [0.5, 0.6) is 0 Å². The summed E-state index contributed by atoms with van der Waals surface area (Å²) in [6, 6.07) is 11.9. The van der Waals surface area contributed by atoms with E-state index >= 15 is 0 Å². The lowest BCUT2D eigenvalue weighted by molar-refractivity contribution is 0.230. The van der Waals surface area contributed by atoms with Crippen LogP contribution in [-0.2, 0) is 12.0 Å². The van der Waals surface area contributed by atoms with Crippen LogP contribution in [0, 0.1) is 11.6 Å². The van der Waals surface area contributed by atoms with E-state index in [-0.39, 0.29) is 17.7 Å². The van der Waals surface area contributed by atoms with E-state index in [0.29, 0.717) is 13.0 Å². The first-order chi connectivity index (χ1) is 10.9.